The standard InChI is InChI=1S/C21H33N3O2/c25-20(22-10-9-16-5-2-1-3-6-16)15-23-12-17-11-18(14-23)19-7-4-8-21(26)24(19)13-17/h5,17-19H,1-4,6-15H2,(H,22,25)/t17-,18-,19-/m1/s1. The molecule has 0 spiro atoms. The van der Waals surface area contributed by atoms with E-state index in [1.807, 2.05) is 0 Å². The largest absolute Gasteiger partial charge is 0.355 e. The van der Waals surface area contributed by atoms with Gasteiger partial charge in [0.1, 0.15) is 0 Å². The molecular formula is C21H33N3O2. The van der Waals surface area contributed by atoms with E-state index in [-0.39, 0.29) is 5.91 Å². The zero-order valence-corrected chi connectivity index (χ0v) is 15.9. The second kappa shape index (κ2) is 8.12. The number of hydrogen-bond acceptors (Lipinski definition) is 3. The Morgan fingerprint density at radius 1 is 1.15 bits per heavy atom. The van der Waals surface area contributed by atoms with Crippen molar-refractivity contribution in [3.05, 3.63) is 11.6 Å². The average Bonchev–Trinajstić information content (AvgIpc) is 2.63. The highest BCUT2D eigenvalue weighted by Gasteiger charge is 2.43. The Labute approximate surface area is 157 Å². The molecule has 3 saturated heterocycles. The first-order chi connectivity index (χ1) is 12.7. The number of rotatable bonds is 5. The number of piperidine rings is 3. The van der Waals surface area contributed by atoms with Gasteiger partial charge in [0.2, 0.25) is 11.8 Å². The molecule has 0 aromatic carbocycles. The van der Waals surface area contributed by atoms with E-state index in [1.165, 1.54) is 37.7 Å². The number of carbonyl (C=O) groups is 2. The molecule has 3 aliphatic heterocycles. The van der Waals surface area contributed by atoms with Crippen LogP contribution in [0.4, 0.5) is 0 Å². The number of nitrogens with zero attached hydrogens (tertiary/aromatic N) is 2. The quantitative estimate of drug-likeness (QED) is 0.767. The van der Waals surface area contributed by atoms with E-state index in [0.717, 1.165) is 51.9 Å². The van der Waals surface area contributed by atoms with Gasteiger partial charge in [-0.3, -0.25) is 14.5 Å². The van der Waals surface area contributed by atoms with Crippen LogP contribution in [-0.4, -0.2) is 60.4 Å². The number of amides is 2. The van der Waals surface area contributed by atoms with Gasteiger partial charge in [-0.1, -0.05) is 11.6 Å². The fourth-order valence-electron chi connectivity index (χ4n) is 5.59. The lowest BCUT2D eigenvalue weighted by atomic mass is 9.76. The first kappa shape index (κ1) is 18.0. The molecule has 0 saturated carbocycles. The smallest absolute Gasteiger partial charge is 0.234 e. The molecular weight excluding hydrogens is 326 g/mol. The van der Waals surface area contributed by atoms with Crippen molar-refractivity contribution >= 4 is 11.8 Å². The number of nitrogens with one attached hydrogen (secondary N) is 1. The maximum Gasteiger partial charge on any atom is 0.234 e. The minimum Gasteiger partial charge on any atom is -0.355 e. The molecule has 0 aromatic rings. The summed E-state index contributed by atoms with van der Waals surface area (Å²) in [6.07, 6.45) is 12.6. The summed E-state index contributed by atoms with van der Waals surface area (Å²) in [5.41, 5.74) is 1.52. The van der Waals surface area contributed by atoms with Gasteiger partial charge in [-0.15, -0.1) is 0 Å². The Morgan fingerprint density at radius 3 is 2.92 bits per heavy atom. The van der Waals surface area contributed by atoms with E-state index in [9.17, 15) is 9.59 Å². The molecule has 4 aliphatic rings. The van der Waals surface area contributed by atoms with Gasteiger partial charge in [0.25, 0.3) is 0 Å². The summed E-state index contributed by atoms with van der Waals surface area (Å²) in [7, 11) is 0. The van der Waals surface area contributed by atoms with Gasteiger partial charge < -0.3 is 10.2 Å². The van der Waals surface area contributed by atoms with Crippen LogP contribution >= 0.6 is 0 Å². The first-order valence-electron chi connectivity index (χ1n) is 10.7. The summed E-state index contributed by atoms with van der Waals surface area (Å²) in [5.74, 6) is 1.64. The number of fused-ring (bicyclic) bond motifs is 4. The maximum atomic E-state index is 12.4. The Balaban J connectivity index is 1.24. The van der Waals surface area contributed by atoms with Crippen LogP contribution in [0.25, 0.3) is 0 Å². The van der Waals surface area contributed by atoms with Crippen LogP contribution in [0.3, 0.4) is 0 Å². The molecule has 3 fully saturated rings. The lowest BCUT2D eigenvalue weighted by Gasteiger charge is -2.52. The number of likely N-dealkylation sites (tertiary alicyclic amines) is 1. The van der Waals surface area contributed by atoms with E-state index in [0.29, 0.717) is 30.3 Å². The molecule has 4 rings (SSSR count). The summed E-state index contributed by atoms with van der Waals surface area (Å²) in [4.78, 5) is 29.1. The number of hydrogen-bond donors (Lipinski definition) is 1. The van der Waals surface area contributed by atoms with E-state index in [1.54, 1.807) is 0 Å². The third-order valence-corrected chi connectivity index (χ3v) is 6.78. The van der Waals surface area contributed by atoms with Crippen LogP contribution in [0.2, 0.25) is 0 Å². The minimum absolute atomic E-state index is 0.165. The predicted octanol–water partition coefficient (Wildman–Crippen LogP) is 2.33. The molecule has 0 aromatic heterocycles. The molecule has 3 atom stereocenters. The van der Waals surface area contributed by atoms with Crippen molar-refractivity contribution in [1.82, 2.24) is 15.1 Å². The average molecular weight is 360 g/mol. The van der Waals surface area contributed by atoms with Gasteiger partial charge in [0, 0.05) is 38.6 Å². The van der Waals surface area contributed by atoms with Gasteiger partial charge in [0.05, 0.1) is 6.54 Å². The Morgan fingerprint density at radius 2 is 2.08 bits per heavy atom. The highest BCUT2D eigenvalue weighted by molar-refractivity contribution is 5.78. The van der Waals surface area contributed by atoms with Crippen LogP contribution in [0, 0.1) is 11.8 Å². The van der Waals surface area contributed by atoms with E-state index >= 15 is 0 Å². The molecule has 0 radical (unpaired) electrons. The highest BCUT2D eigenvalue weighted by Crippen LogP contribution is 2.37. The van der Waals surface area contributed by atoms with Crippen molar-refractivity contribution in [3.8, 4) is 0 Å². The topological polar surface area (TPSA) is 52.7 Å². The number of carbonyl (C=O) groups excluding carboxylic acids is 2. The summed E-state index contributed by atoms with van der Waals surface area (Å²) < 4.78 is 0. The molecule has 1 N–H and O–H groups in total. The minimum atomic E-state index is 0.165. The molecule has 2 bridgehead atoms. The fourth-order valence-corrected chi connectivity index (χ4v) is 5.59. The van der Waals surface area contributed by atoms with Crippen LogP contribution in [0.5, 0.6) is 0 Å². The lowest BCUT2D eigenvalue weighted by molar-refractivity contribution is -0.145. The zero-order chi connectivity index (χ0) is 17.9. The van der Waals surface area contributed by atoms with Crippen LogP contribution in [0.15, 0.2) is 11.6 Å². The fraction of sp³-hybridized carbons (Fsp3) is 0.810. The van der Waals surface area contributed by atoms with E-state index < -0.39 is 0 Å². The molecule has 144 valence electrons. The van der Waals surface area contributed by atoms with Crippen LogP contribution < -0.4 is 5.32 Å². The van der Waals surface area contributed by atoms with Crippen molar-refractivity contribution in [2.24, 2.45) is 11.8 Å². The molecule has 0 unspecified atom stereocenters. The van der Waals surface area contributed by atoms with Gasteiger partial charge in [-0.25, -0.2) is 0 Å². The summed E-state index contributed by atoms with van der Waals surface area (Å²) in [6.45, 7) is 4.14. The second-order valence-corrected chi connectivity index (χ2v) is 8.77. The second-order valence-electron chi connectivity index (χ2n) is 8.77. The highest BCUT2D eigenvalue weighted by atomic mass is 16.2. The summed E-state index contributed by atoms with van der Waals surface area (Å²) in [5, 5.41) is 3.12. The SMILES string of the molecule is O=C(CN1C[C@H]2C[C@H](C1)[C@H]1CCCC(=O)N1C2)NCCC1=CCCCC1. The third-order valence-electron chi connectivity index (χ3n) is 6.78. The van der Waals surface area contributed by atoms with Crippen molar-refractivity contribution in [2.45, 2.75) is 63.8 Å². The van der Waals surface area contributed by atoms with Gasteiger partial charge >= 0.3 is 0 Å². The predicted molar refractivity (Wildman–Crippen MR) is 102 cm³/mol. The molecule has 5 nitrogen and oxygen atoms in total. The maximum absolute atomic E-state index is 12.4. The van der Waals surface area contributed by atoms with Crippen molar-refractivity contribution in [2.75, 3.05) is 32.7 Å². The lowest BCUT2D eigenvalue weighted by Crippen LogP contribution is -2.61. The molecule has 26 heavy (non-hydrogen) atoms. The summed E-state index contributed by atoms with van der Waals surface area (Å²) >= 11 is 0. The molecule has 3 heterocycles. The van der Waals surface area contributed by atoms with E-state index in [2.05, 4.69) is 21.2 Å². The van der Waals surface area contributed by atoms with Crippen molar-refractivity contribution < 1.29 is 9.59 Å². The molecule has 2 amide bonds. The van der Waals surface area contributed by atoms with Crippen molar-refractivity contribution in [1.29, 1.82) is 0 Å². The molecule has 5 heteroatoms. The molecule has 1 aliphatic carbocycles. The van der Waals surface area contributed by atoms with Crippen LogP contribution in [0.1, 0.15) is 57.8 Å². The number of allylic oxidation sites excluding steroid dienone is 1. The Bertz CT molecular complexity index is 574. The van der Waals surface area contributed by atoms with Crippen molar-refractivity contribution in [3.63, 3.8) is 0 Å². The van der Waals surface area contributed by atoms with Gasteiger partial charge in [-0.05, 0) is 63.2 Å². The third kappa shape index (κ3) is 4.13. The first-order valence-corrected chi connectivity index (χ1v) is 10.7. The Hall–Kier alpha value is -1.36. The summed E-state index contributed by atoms with van der Waals surface area (Å²) in [6, 6.07) is 0.427. The van der Waals surface area contributed by atoms with Gasteiger partial charge in [0.15, 0.2) is 0 Å². The monoisotopic (exact) mass is 359 g/mol. The van der Waals surface area contributed by atoms with Crippen LogP contribution in [-0.2, 0) is 9.59 Å². The zero-order valence-electron chi connectivity index (χ0n) is 15.9. The van der Waals surface area contributed by atoms with E-state index in [4.69, 9.17) is 0 Å². The van der Waals surface area contributed by atoms with Gasteiger partial charge in [-0.2, -0.15) is 0 Å². The Kier molecular flexibility index (Phi) is 5.63. The normalized spacial score (nSPS) is 32.0.